The zero-order valence-corrected chi connectivity index (χ0v) is 10.9. The molecule has 18 heavy (non-hydrogen) atoms. The Morgan fingerprint density at radius 3 is 2.61 bits per heavy atom. The first-order chi connectivity index (χ1) is 8.58. The molecule has 0 aliphatic carbocycles. The van der Waals surface area contributed by atoms with Gasteiger partial charge in [-0.2, -0.15) is 0 Å². The molecule has 0 aliphatic rings. The molecular weight excluding hydrogens is 230 g/mol. The summed E-state index contributed by atoms with van der Waals surface area (Å²) in [4.78, 5) is 16.5. The first kappa shape index (κ1) is 14.7. The highest BCUT2D eigenvalue weighted by molar-refractivity contribution is 5.75. The van der Waals surface area contributed by atoms with E-state index in [1.807, 2.05) is 44.2 Å². The summed E-state index contributed by atoms with van der Waals surface area (Å²) >= 11 is 0. The maximum absolute atomic E-state index is 11.4. The van der Waals surface area contributed by atoms with Gasteiger partial charge in [0.1, 0.15) is 0 Å². The molecule has 100 valence electrons. The Morgan fingerprint density at radius 2 is 2.00 bits per heavy atom. The van der Waals surface area contributed by atoms with E-state index in [1.165, 1.54) is 0 Å². The van der Waals surface area contributed by atoms with Crippen LogP contribution >= 0.6 is 0 Å². The number of hydrogen-bond donors (Lipinski definition) is 2. The van der Waals surface area contributed by atoms with Crippen LogP contribution in [0.4, 0.5) is 0 Å². The fraction of sp³-hybridized carbons (Fsp3) is 0.500. The molecule has 0 spiro atoms. The van der Waals surface area contributed by atoms with Gasteiger partial charge in [0.05, 0.1) is 19.1 Å². The van der Waals surface area contributed by atoms with Gasteiger partial charge in [-0.25, -0.2) is 5.48 Å². The van der Waals surface area contributed by atoms with Crippen LogP contribution in [0.2, 0.25) is 0 Å². The number of carbonyl (C=O) groups is 1. The highest BCUT2D eigenvalue weighted by Crippen LogP contribution is 2.07. The zero-order chi connectivity index (χ0) is 13.4. The number of hydroxylamine groups is 1. The van der Waals surface area contributed by atoms with Crippen molar-refractivity contribution in [1.29, 1.82) is 0 Å². The molecule has 0 aromatic heterocycles. The minimum absolute atomic E-state index is 0.0764. The Morgan fingerprint density at radius 1 is 1.33 bits per heavy atom. The van der Waals surface area contributed by atoms with Gasteiger partial charge < -0.3 is 5.11 Å². The van der Waals surface area contributed by atoms with Gasteiger partial charge in [0.15, 0.2) is 0 Å². The van der Waals surface area contributed by atoms with E-state index >= 15 is 0 Å². The Hall–Kier alpha value is -1.39. The predicted octanol–water partition coefficient (Wildman–Crippen LogP) is 2.03. The molecule has 1 atom stereocenters. The third kappa shape index (κ3) is 6.37. The second-order valence-electron chi connectivity index (χ2n) is 4.79. The van der Waals surface area contributed by atoms with Crippen LogP contribution < -0.4 is 5.48 Å². The van der Waals surface area contributed by atoms with Crippen molar-refractivity contribution in [3.8, 4) is 0 Å². The van der Waals surface area contributed by atoms with Gasteiger partial charge in [-0.1, -0.05) is 44.2 Å². The molecule has 0 bridgehead atoms. The molecule has 2 N–H and O–H groups in total. The molecule has 1 amide bonds. The Labute approximate surface area is 108 Å². The molecular formula is C14H21NO3. The fourth-order valence-electron chi connectivity index (χ4n) is 1.66. The topological polar surface area (TPSA) is 58.6 Å². The maximum atomic E-state index is 11.4. The lowest BCUT2D eigenvalue weighted by Crippen LogP contribution is -2.28. The molecule has 4 heteroatoms. The standard InChI is InChI=1S/C14H21NO3/c1-11(2)8-13(16)9-14(17)15-18-10-12-6-4-3-5-7-12/h3-7,11,13,16H,8-10H2,1-2H3,(H,15,17). The quantitative estimate of drug-likeness (QED) is 0.729. The van der Waals surface area contributed by atoms with E-state index < -0.39 is 6.10 Å². The highest BCUT2D eigenvalue weighted by atomic mass is 16.6. The largest absolute Gasteiger partial charge is 0.393 e. The van der Waals surface area contributed by atoms with Gasteiger partial charge in [0.25, 0.3) is 0 Å². The molecule has 0 fully saturated rings. The lowest BCUT2D eigenvalue weighted by molar-refractivity contribution is -0.136. The van der Waals surface area contributed by atoms with Crippen LogP contribution in [0.5, 0.6) is 0 Å². The molecule has 0 heterocycles. The summed E-state index contributed by atoms with van der Waals surface area (Å²) in [7, 11) is 0. The highest BCUT2D eigenvalue weighted by Gasteiger charge is 2.12. The smallest absolute Gasteiger partial charge is 0.246 e. The van der Waals surface area contributed by atoms with Gasteiger partial charge in [-0.15, -0.1) is 0 Å². The number of hydrogen-bond acceptors (Lipinski definition) is 3. The van der Waals surface area contributed by atoms with Gasteiger partial charge in [0.2, 0.25) is 5.91 Å². The lowest BCUT2D eigenvalue weighted by Gasteiger charge is -2.12. The SMILES string of the molecule is CC(C)CC(O)CC(=O)NOCc1ccccc1. The normalized spacial score (nSPS) is 12.4. The lowest BCUT2D eigenvalue weighted by atomic mass is 10.0. The van der Waals surface area contributed by atoms with Crippen molar-refractivity contribution in [3.05, 3.63) is 35.9 Å². The minimum atomic E-state index is -0.606. The van der Waals surface area contributed by atoms with Gasteiger partial charge in [-0.05, 0) is 17.9 Å². The van der Waals surface area contributed by atoms with Crippen molar-refractivity contribution in [2.24, 2.45) is 5.92 Å². The average molecular weight is 251 g/mol. The van der Waals surface area contributed by atoms with E-state index in [4.69, 9.17) is 4.84 Å². The van der Waals surface area contributed by atoms with E-state index in [0.717, 1.165) is 5.56 Å². The molecule has 1 rings (SSSR count). The zero-order valence-electron chi connectivity index (χ0n) is 10.9. The number of nitrogens with one attached hydrogen (secondary N) is 1. The first-order valence-corrected chi connectivity index (χ1v) is 6.20. The van der Waals surface area contributed by atoms with Gasteiger partial charge >= 0.3 is 0 Å². The number of rotatable bonds is 7. The van der Waals surface area contributed by atoms with Crippen LogP contribution in [-0.4, -0.2) is 17.1 Å². The summed E-state index contributed by atoms with van der Waals surface area (Å²) in [6.07, 6.45) is 0.0873. The first-order valence-electron chi connectivity index (χ1n) is 6.20. The second kappa shape index (κ2) is 7.84. The molecule has 0 saturated heterocycles. The number of amides is 1. The molecule has 0 aliphatic heterocycles. The fourth-order valence-corrected chi connectivity index (χ4v) is 1.66. The Kier molecular flexibility index (Phi) is 6.39. The van der Waals surface area contributed by atoms with Crippen LogP contribution in [-0.2, 0) is 16.2 Å². The van der Waals surface area contributed by atoms with Crippen molar-refractivity contribution >= 4 is 5.91 Å². The molecule has 0 saturated carbocycles. The van der Waals surface area contributed by atoms with E-state index in [0.29, 0.717) is 18.9 Å². The summed E-state index contributed by atoms with van der Waals surface area (Å²) in [5.41, 5.74) is 3.32. The Balaban J connectivity index is 2.17. The van der Waals surface area contributed by atoms with E-state index in [9.17, 15) is 9.90 Å². The average Bonchev–Trinajstić information content (AvgIpc) is 2.29. The molecule has 1 aromatic carbocycles. The van der Waals surface area contributed by atoms with E-state index in [2.05, 4.69) is 5.48 Å². The molecule has 0 radical (unpaired) electrons. The number of aliphatic hydroxyl groups is 1. The number of aliphatic hydroxyl groups excluding tert-OH is 1. The summed E-state index contributed by atoms with van der Waals surface area (Å²) in [6, 6.07) is 9.57. The summed E-state index contributed by atoms with van der Waals surface area (Å²) in [6.45, 7) is 4.34. The molecule has 1 unspecified atom stereocenters. The third-order valence-corrected chi connectivity index (χ3v) is 2.43. The van der Waals surface area contributed by atoms with E-state index in [-0.39, 0.29) is 12.3 Å². The van der Waals surface area contributed by atoms with Crippen LogP contribution in [0.1, 0.15) is 32.3 Å². The molecule has 4 nitrogen and oxygen atoms in total. The van der Waals surface area contributed by atoms with Crippen LogP contribution in [0.25, 0.3) is 0 Å². The van der Waals surface area contributed by atoms with Gasteiger partial charge in [-0.3, -0.25) is 9.63 Å². The number of carbonyl (C=O) groups excluding carboxylic acids is 1. The van der Waals surface area contributed by atoms with Crippen LogP contribution in [0.15, 0.2) is 30.3 Å². The van der Waals surface area contributed by atoms with E-state index in [1.54, 1.807) is 0 Å². The number of benzene rings is 1. The molecule has 1 aromatic rings. The van der Waals surface area contributed by atoms with Crippen molar-refractivity contribution in [3.63, 3.8) is 0 Å². The van der Waals surface area contributed by atoms with Crippen molar-refractivity contribution < 1.29 is 14.7 Å². The Bertz CT molecular complexity index is 351. The van der Waals surface area contributed by atoms with Crippen LogP contribution in [0.3, 0.4) is 0 Å². The van der Waals surface area contributed by atoms with Crippen molar-refractivity contribution in [2.75, 3.05) is 0 Å². The minimum Gasteiger partial charge on any atom is -0.393 e. The summed E-state index contributed by atoms with van der Waals surface area (Å²) in [5, 5.41) is 9.59. The summed E-state index contributed by atoms with van der Waals surface area (Å²) < 4.78 is 0. The predicted molar refractivity (Wildman–Crippen MR) is 69.5 cm³/mol. The van der Waals surface area contributed by atoms with Gasteiger partial charge in [0, 0.05) is 0 Å². The summed E-state index contributed by atoms with van der Waals surface area (Å²) in [5.74, 6) is 0.0807. The van der Waals surface area contributed by atoms with Crippen molar-refractivity contribution in [1.82, 2.24) is 5.48 Å². The maximum Gasteiger partial charge on any atom is 0.246 e. The van der Waals surface area contributed by atoms with Crippen molar-refractivity contribution in [2.45, 2.75) is 39.4 Å². The second-order valence-corrected chi connectivity index (χ2v) is 4.79. The van der Waals surface area contributed by atoms with Crippen LogP contribution in [0, 0.1) is 5.92 Å². The third-order valence-electron chi connectivity index (χ3n) is 2.43. The monoisotopic (exact) mass is 251 g/mol.